The highest BCUT2D eigenvalue weighted by Crippen LogP contribution is 2.31. The summed E-state index contributed by atoms with van der Waals surface area (Å²) in [6.45, 7) is 14.7. The zero-order valence-corrected chi connectivity index (χ0v) is 43.2. The summed E-state index contributed by atoms with van der Waals surface area (Å²) in [5.74, 6) is -1.05. The number of aromatic nitrogens is 3. The molecule has 3 saturated heterocycles. The van der Waals surface area contributed by atoms with Gasteiger partial charge in [0.05, 0.1) is 28.1 Å². The summed E-state index contributed by atoms with van der Waals surface area (Å²) >= 11 is 0. The molecule has 1 N–H and O–H groups in total. The van der Waals surface area contributed by atoms with Gasteiger partial charge in [-0.1, -0.05) is 84.9 Å². The van der Waals surface area contributed by atoms with Gasteiger partial charge in [0.2, 0.25) is 5.91 Å². The lowest BCUT2D eigenvalue weighted by Crippen LogP contribution is -2.59. The van der Waals surface area contributed by atoms with Gasteiger partial charge in [0.1, 0.15) is 6.04 Å². The van der Waals surface area contributed by atoms with Gasteiger partial charge in [-0.2, -0.15) is 5.10 Å². The average Bonchev–Trinajstić information content (AvgIpc) is 3.83. The van der Waals surface area contributed by atoms with Gasteiger partial charge in [0.15, 0.2) is 13.5 Å². The summed E-state index contributed by atoms with van der Waals surface area (Å²) < 4.78 is 14.9. The molecule has 1 atom stereocenters. The van der Waals surface area contributed by atoms with Crippen LogP contribution in [0.5, 0.6) is 0 Å². The number of nitrogens with zero attached hydrogens (tertiary/aromatic N) is 7. The highest BCUT2D eigenvalue weighted by molar-refractivity contribution is 5.89. The van der Waals surface area contributed by atoms with Crippen molar-refractivity contribution in [3.63, 3.8) is 0 Å². The second kappa shape index (κ2) is 21.7. The van der Waals surface area contributed by atoms with Gasteiger partial charge >= 0.3 is 18.0 Å². The van der Waals surface area contributed by atoms with E-state index in [4.69, 9.17) is 9.47 Å². The Balaban J connectivity index is 0.892. The molecule has 3 aliphatic rings. The number of hydrogen-bond acceptors (Lipinski definition) is 10. The fourth-order valence-electron chi connectivity index (χ4n) is 11.0. The fraction of sp³-hybridized carbons (Fsp3) is 0.448. The summed E-state index contributed by atoms with van der Waals surface area (Å²) in [5, 5.41) is 9.47. The summed E-state index contributed by atoms with van der Waals surface area (Å²) in [4.78, 5) is 78.8. The van der Waals surface area contributed by atoms with Crippen LogP contribution >= 0.6 is 0 Å². The Morgan fingerprint density at radius 3 is 1.90 bits per heavy atom. The summed E-state index contributed by atoms with van der Waals surface area (Å²) in [6.07, 6.45) is 5.32. The van der Waals surface area contributed by atoms with Crippen molar-refractivity contribution in [2.45, 2.75) is 109 Å². The zero-order valence-electron chi connectivity index (χ0n) is 43.2. The van der Waals surface area contributed by atoms with Gasteiger partial charge in [0.25, 0.3) is 5.56 Å². The zero-order chi connectivity index (χ0) is 51.4. The minimum Gasteiger partial charge on any atom is -0.443 e. The van der Waals surface area contributed by atoms with Gasteiger partial charge in [-0.15, -0.1) is 0 Å². The Labute approximate surface area is 428 Å². The maximum atomic E-state index is 14.7. The van der Waals surface area contributed by atoms with E-state index < -0.39 is 22.8 Å². The maximum Gasteiger partial charge on any atom is 0.318 e. The van der Waals surface area contributed by atoms with Crippen molar-refractivity contribution in [3.8, 4) is 0 Å². The van der Waals surface area contributed by atoms with Crippen molar-refractivity contribution in [2.24, 2.45) is 0 Å². The van der Waals surface area contributed by atoms with Crippen LogP contribution in [0.25, 0.3) is 21.8 Å². The molecule has 3 amide bonds. The van der Waals surface area contributed by atoms with Crippen LogP contribution in [-0.4, -0.2) is 129 Å². The molecule has 9 rings (SSSR count). The molecule has 15 heteroatoms. The SMILES string of the molecule is Cc1cc(C[C@@H](NC(=O)N2CCC(c3cc4ccccc4n(COC(=O)C(C)(C)c4ccccc4)c3=O)CC2)C(=O)N2CCN(C3CCN(C)CC3)CC2)cc2cnn(COC(=O)C(C)(C)c3ccccc3)c12. The summed E-state index contributed by atoms with van der Waals surface area (Å²) in [5.41, 5.74) is 3.56. The minimum atomic E-state index is -0.923. The molecule has 4 aromatic carbocycles. The second-order valence-corrected chi connectivity index (χ2v) is 21.4. The number of pyridine rings is 1. The molecule has 0 aliphatic carbocycles. The van der Waals surface area contributed by atoms with E-state index in [-0.39, 0.29) is 49.3 Å². The molecule has 73 heavy (non-hydrogen) atoms. The molecule has 6 aromatic rings. The first-order chi connectivity index (χ1) is 35.1. The molecule has 3 aliphatic heterocycles. The lowest BCUT2D eigenvalue weighted by atomic mass is 9.85. The molecule has 0 bridgehead atoms. The van der Waals surface area contributed by atoms with Crippen molar-refractivity contribution < 1.29 is 28.7 Å². The van der Waals surface area contributed by atoms with Crippen molar-refractivity contribution in [1.29, 1.82) is 0 Å². The minimum absolute atomic E-state index is 0.0592. The Hall–Kier alpha value is -6.84. The van der Waals surface area contributed by atoms with E-state index in [0.29, 0.717) is 56.1 Å². The lowest BCUT2D eigenvalue weighted by Gasteiger charge is -2.43. The van der Waals surface area contributed by atoms with E-state index in [9.17, 15) is 24.0 Å². The van der Waals surface area contributed by atoms with Crippen LogP contribution in [0.15, 0.2) is 114 Å². The molecule has 0 spiro atoms. The first-order valence-corrected chi connectivity index (χ1v) is 25.9. The van der Waals surface area contributed by atoms with Crippen LogP contribution in [0.1, 0.15) is 87.1 Å². The first kappa shape index (κ1) is 51.1. The predicted molar refractivity (Wildman–Crippen MR) is 282 cm³/mol. The Bertz CT molecular complexity index is 3000. The third kappa shape index (κ3) is 11.1. The van der Waals surface area contributed by atoms with Crippen LogP contribution in [0, 0.1) is 6.92 Å². The molecular weight excluding hydrogens is 921 g/mol. The monoisotopic (exact) mass is 991 g/mol. The Morgan fingerprint density at radius 2 is 1.27 bits per heavy atom. The molecule has 0 unspecified atom stereocenters. The molecule has 0 radical (unpaired) electrons. The van der Waals surface area contributed by atoms with Crippen molar-refractivity contribution >= 4 is 45.7 Å². The van der Waals surface area contributed by atoms with Gasteiger partial charge in [-0.05, 0) is 132 Å². The third-order valence-electron chi connectivity index (χ3n) is 15.8. The summed E-state index contributed by atoms with van der Waals surface area (Å²) in [6, 6.07) is 31.9. The first-order valence-electron chi connectivity index (χ1n) is 25.9. The van der Waals surface area contributed by atoms with E-state index in [0.717, 1.165) is 77.6 Å². The number of amides is 3. The van der Waals surface area contributed by atoms with Gasteiger partial charge < -0.3 is 29.5 Å². The maximum absolute atomic E-state index is 14.7. The van der Waals surface area contributed by atoms with E-state index in [1.807, 2.05) is 143 Å². The van der Waals surface area contributed by atoms with Crippen molar-refractivity contribution in [1.82, 2.24) is 39.3 Å². The number of piperazine rings is 1. The number of carbonyl (C=O) groups is 4. The van der Waals surface area contributed by atoms with E-state index >= 15 is 0 Å². The van der Waals surface area contributed by atoms with Gasteiger partial charge in [-0.25, -0.2) is 9.48 Å². The topological polar surface area (TPSA) is 152 Å². The highest BCUT2D eigenvalue weighted by atomic mass is 16.5. The number of hydrogen-bond donors (Lipinski definition) is 1. The quantitative estimate of drug-likeness (QED) is 0.110. The van der Waals surface area contributed by atoms with E-state index in [1.54, 1.807) is 20.3 Å². The average molecular weight is 991 g/mol. The third-order valence-corrected chi connectivity index (χ3v) is 15.8. The number of ether oxygens (including phenoxy) is 2. The van der Waals surface area contributed by atoms with Gasteiger partial charge in [0, 0.05) is 62.7 Å². The standard InChI is InChI=1S/C58H70N8O7/c1-40-33-41(34-44-37-59-66(51(40)44)39-73-55(70)58(4,5)46-18-11-8-12-19-46)35-49(53(68)63-31-29-62(30-32-63)47-23-25-61(6)26-24-47)60-56(71)64-27-21-42(22-28-64)48-36-43-15-13-14-20-50(43)65(52(48)67)38-72-54(69)57(2,3)45-16-9-7-10-17-45/h7-20,33-34,36-37,42,47,49H,21-32,35,38-39H2,1-6H3,(H,60,71)/t49-/m1/s1. The van der Waals surface area contributed by atoms with Crippen LogP contribution in [-0.2, 0) is 54.6 Å². The number of esters is 2. The normalized spacial score (nSPS) is 17.2. The molecular formula is C58H70N8O7. The molecule has 5 heterocycles. The Kier molecular flexibility index (Phi) is 15.2. The number of benzene rings is 4. The van der Waals surface area contributed by atoms with Crippen molar-refractivity contribution in [2.75, 3.05) is 59.4 Å². The number of likely N-dealkylation sites (tertiary alicyclic amines) is 2. The molecule has 2 aromatic heterocycles. The number of fused-ring (bicyclic) bond motifs is 2. The van der Waals surface area contributed by atoms with Crippen LogP contribution in [0.2, 0.25) is 0 Å². The van der Waals surface area contributed by atoms with Crippen molar-refractivity contribution in [3.05, 3.63) is 147 Å². The number of carbonyl (C=O) groups excluding carboxylic acids is 4. The summed E-state index contributed by atoms with van der Waals surface area (Å²) in [7, 11) is 2.17. The molecule has 384 valence electrons. The number of nitrogens with one attached hydrogen (secondary N) is 1. The van der Waals surface area contributed by atoms with Gasteiger partial charge in [-0.3, -0.25) is 28.6 Å². The fourth-order valence-corrected chi connectivity index (χ4v) is 11.0. The number of aryl methyl sites for hydroxylation is 1. The number of para-hydroxylation sites is 1. The molecule has 3 fully saturated rings. The smallest absolute Gasteiger partial charge is 0.318 e. The van der Waals surface area contributed by atoms with Crippen LogP contribution < -0.4 is 10.9 Å². The van der Waals surface area contributed by atoms with E-state index in [2.05, 4.69) is 27.3 Å². The van der Waals surface area contributed by atoms with Crippen LogP contribution in [0.3, 0.4) is 0 Å². The molecule has 0 saturated carbocycles. The lowest BCUT2D eigenvalue weighted by molar-refractivity contribution is -0.154. The predicted octanol–water partition coefficient (Wildman–Crippen LogP) is 7.36. The Morgan fingerprint density at radius 1 is 0.685 bits per heavy atom. The number of rotatable bonds is 14. The van der Waals surface area contributed by atoms with Crippen LogP contribution in [0.4, 0.5) is 4.79 Å². The second-order valence-electron chi connectivity index (χ2n) is 21.4. The number of urea groups is 1. The van der Waals surface area contributed by atoms with E-state index in [1.165, 1.54) is 0 Å². The number of piperidine rings is 2. The highest BCUT2D eigenvalue weighted by Gasteiger charge is 2.36. The largest absolute Gasteiger partial charge is 0.443 e. The molecule has 15 nitrogen and oxygen atoms in total.